The fourth-order valence-electron chi connectivity index (χ4n) is 1.99. The number of ether oxygens (including phenoxy) is 2. The maximum absolute atomic E-state index is 11.6. The molecule has 0 aliphatic rings. The van der Waals surface area contributed by atoms with Crippen LogP contribution in [0.25, 0.3) is 12.2 Å². The molecule has 2 aromatic carbocycles. The highest BCUT2D eigenvalue weighted by Gasteiger charge is 2.05. The zero-order valence-corrected chi connectivity index (χ0v) is 13.1. The van der Waals surface area contributed by atoms with Gasteiger partial charge in [0.15, 0.2) is 0 Å². The molecular weight excluding hydrogens is 292 g/mol. The lowest BCUT2D eigenvalue weighted by Gasteiger charge is -2.02. The van der Waals surface area contributed by atoms with Gasteiger partial charge in [0.25, 0.3) is 0 Å². The lowest BCUT2D eigenvalue weighted by Crippen LogP contribution is -2.03. The van der Waals surface area contributed by atoms with Gasteiger partial charge < -0.3 is 9.47 Å². The molecule has 0 saturated carbocycles. The second-order valence-electron chi connectivity index (χ2n) is 4.79. The molecule has 4 nitrogen and oxygen atoms in total. The molecule has 0 aliphatic carbocycles. The molecule has 0 atom stereocenters. The molecule has 2 rings (SSSR count). The van der Waals surface area contributed by atoms with E-state index >= 15 is 0 Å². The first-order valence-electron chi connectivity index (χ1n) is 7.27. The molecule has 0 radical (unpaired) electrons. The van der Waals surface area contributed by atoms with E-state index in [1.807, 2.05) is 36.4 Å². The van der Waals surface area contributed by atoms with Crippen LogP contribution in [0, 0.1) is 0 Å². The molecule has 4 heteroatoms. The summed E-state index contributed by atoms with van der Waals surface area (Å²) in [6, 6.07) is 14.3. The Labute approximate surface area is 135 Å². The van der Waals surface area contributed by atoms with Crippen molar-refractivity contribution in [2.75, 3.05) is 13.7 Å². The third-order valence-corrected chi connectivity index (χ3v) is 3.22. The molecular formula is C19H18O4. The summed E-state index contributed by atoms with van der Waals surface area (Å²) in [5.41, 5.74) is 2.98. The van der Waals surface area contributed by atoms with Crippen molar-refractivity contribution in [2.45, 2.75) is 6.92 Å². The van der Waals surface area contributed by atoms with E-state index in [0.717, 1.165) is 11.1 Å². The second kappa shape index (κ2) is 7.94. The molecule has 0 unspecified atom stereocenters. The van der Waals surface area contributed by atoms with E-state index in [4.69, 9.17) is 4.74 Å². The van der Waals surface area contributed by atoms with Crippen molar-refractivity contribution in [3.8, 4) is 0 Å². The molecule has 0 aromatic heterocycles. The number of methoxy groups -OCH3 is 1. The fraction of sp³-hybridized carbons (Fsp3) is 0.158. The van der Waals surface area contributed by atoms with E-state index in [2.05, 4.69) is 4.74 Å². The minimum atomic E-state index is -0.352. The largest absolute Gasteiger partial charge is 0.465 e. The number of carbonyl (C=O) groups excluding carboxylic acids is 2. The highest BCUT2D eigenvalue weighted by Crippen LogP contribution is 2.12. The van der Waals surface area contributed by atoms with E-state index in [1.54, 1.807) is 31.2 Å². The van der Waals surface area contributed by atoms with E-state index in [1.165, 1.54) is 7.11 Å². The smallest absolute Gasteiger partial charge is 0.338 e. The van der Waals surface area contributed by atoms with Crippen molar-refractivity contribution in [3.63, 3.8) is 0 Å². The Morgan fingerprint density at radius 1 is 0.826 bits per heavy atom. The Bertz CT molecular complexity index is 697. The number of benzene rings is 2. The highest BCUT2D eigenvalue weighted by molar-refractivity contribution is 5.90. The molecule has 0 spiro atoms. The molecule has 0 fully saturated rings. The number of carbonyl (C=O) groups is 2. The molecule has 0 heterocycles. The van der Waals surface area contributed by atoms with Crippen LogP contribution in [0.1, 0.15) is 38.8 Å². The lowest BCUT2D eigenvalue weighted by atomic mass is 10.1. The zero-order chi connectivity index (χ0) is 16.7. The van der Waals surface area contributed by atoms with Crippen LogP contribution in [-0.2, 0) is 9.47 Å². The predicted molar refractivity (Wildman–Crippen MR) is 89.1 cm³/mol. The maximum atomic E-state index is 11.6. The van der Waals surface area contributed by atoms with E-state index in [-0.39, 0.29) is 11.9 Å². The van der Waals surface area contributed by atoms with Gasteiger partial charge in [0.1, 0.15) is 0 Å². The van der Waals surface area contributed by atoms with Gasteiger partial charge in [-0.05, 0) is 42.3 Å². The standard InChI is InChI=1S/C19H18O4/c1-3-23-19(21)17-12-8-15(9-13-17)5-4-14-6-10-16(11-7-14)18(20)22-2/h4-13H,3H2,1-2H3/b5-4+. The Morgan fingerprint density at radius 3 is 1.65 bits per heavy atom. The first-order chi connectivity index (χ1) is 11.1. The third kappa shape index (κ3) is 4.54. The van der Waals surface area contributed by atoms with E-state index < -0.39 is 0 Å². The Morgan fingerprint density at radius 2 is 1.26 bits per heavy atom. The zero-order valence-electron chi connectivity index (χ0n) is 13.1. The minimum Gasteiger partial charge on any atom is -0.465 e. The second-order valence-corrected chi connectivity index (χ2v) is 4.79. The average molecular weight is 310 g/mol. The average Bonchev–Trinajstić information content (AvgIpc) is 2.60. The van der Waals surface area contributed by atoms with Crippen molar-refractivity contribution in [2.24, 2.45) is 0 Å². The van der Waals surface area contributed by atoms with Crippen molar-refractivity contribution in [1.82, 2.24) is 0 Å². The fourth-order valence-corrected chi connectivity index (χ4v) is 1.99. The molecule has 0 N–H and O–H groups in total. The topological polar surface area (TPSA) is 52.6 Å². The predicted octanol–water partition coefficient (Wildman–Crippen LogP) is 3.82. The van der Waals surface area contributed by atoms with Crippen molar-refractivity contribution < 1.29 is 19.1 Å². The van der Waals surface area contributed by atoms with Gasteiger partial charge in [-0.15, -0.1) is 0 Å². The van der Waals surface area contributed by atoms with Crippen LogP contribution in [0.15, 0.2) is 48.5 Å². The van der Waals surface area contributed by atoms with Crippen LogP contribution in [0.4, 0.5) is 0 Å². The van der Waals surface area contributed by atoms with Crippen LogP contribution in [0.2, 0.25) is 0 Å². The molecule has 2 aromatic rings. The molecule has 0 saturated heterocycles. The normalized spacial score (nSPS) is 10.5. The Hall–Kier alpha value is -2.88. The molecule has 0 amide bonds. The summed E-state index contributed by atoms with van der Waals surface area (Å²) in [5, 5.41) is 0. The maximum Gasteiger partial charge on any atom is 0.338 e. The summed E-state index contributed by atoms with van der Waals surface area (Å²) >= 11 is 0. The van der Waals surface area contributed by atoms with Gasteiger partial charge in [0.2, 0.25) is 0 Å². The third-order valence-electron chi connectivity index (χ3n) is 3.22. The van der Waals surface area contributed by atoms with Crippen molar-refractivity contribution >= 4 is 24.1 Å². The molecule has 23 heavy (non-hydrogen) atoms. The minimum absolute atomic E-state index is 0.318. The van der Waals surface area contributed by atoms with Gasteiger partial charge in [0.05, 0.1) is 24.8 Å². The summed E-state index contributed by atoms with van der Waals surface area (Å²) in [7, 11) is 1.36. The van der Waals surface area contributed by atoms with E-state index in [0.29, 0.717) is 17.7 Å². The van der Waals surface area contributed by atoms with Crippen LogP contribution < -0.4 is 0 Å². The highest BCUT2D eigenvalue weighted by atomic mass is 16.5. The quantitative estimate of drug-likeness (QED) is 0.622. The molecule has 0 aliphatic heterocycles. The van der Waals surface area contributed by atoms with Crippen LogP contribution in [0.3, 0.4) is 0 Å². The van der Waals surface area contributed by atoms with Crippen molar-refractivity contribution in [3.05, 3.63) is 70.8 Å². The summed E-state index contributed by atoms with van der Waals surface area (Å²) in [6.45, 7) is 2.14. The number of hydrogen-bond donors (Lipinski definition) is 0. The van der Waals surface area contributed by atoms with Crippen LogP contribution >= 0.6 is 0 Å². The SMILES string of the molecule is CCOC(=O)c1ccc(/C=C/c2ccc(C(=O)OC)cc2)cc1. The number of esters is 2. The summed E-state index contributed by atoms with van der Waals surface area (Å²) in [4.78, 5) is 22.9. The molecule has 118 valence electrons. The number of hydrogen-bond acceptors (Lipinski definition) is 4. The first kappa shape index (κ1) is 16.5. The Kier molecular flexibility index (Phi) is 5.69. The van der Waals surface area contributed by atoms with Gasteiger partial charge in [-0.3, -0.25) is 0 Å². The monoisotopic (exact) mass is 310 g/mol. The lowest BCUT2D eigenvalue weighted by molar-refractivity contribution is 0.0525. The Balaban J connectivity index is 2.05. The first-order valence-corrected chi connectivity index (χ1v) is 7.27. The molecule has 0 bridgehead atoms. The van der Waals surface area contributed by atoms with Gasteiger partial charge >= 0.3 is 11.9 Å². The van der Waals surface area contributed by atoms with Gasteiger partial charge in [-0.2, -0.15) is 0 Å². The summed E-state index contributed by atoms with van der Waals surface area (Å²) in [5.74, 6) is -0.670. The van der Waals surface area contributed by atoms with Gasteiger partial charge in [-0.25, -0.2) is 9.59 Å². The van der Waals surface area contributed by atoms with E-state index in [9.17, 15) is 9.59 Å². The summed E-state index contributed by atoms with van der Waals surface area (Å²) < 4.78 is 9.60. The summed E-state index contributed by atoms with van der Waals surface area (Å²) in [6.07, 6.45) is 3.86. The van der Waals surface area contributed by atoms with Gasteiger partial charge in [0, 0.05) is 0 Å². The van der Waals surface area contributed by atoms with Crippen LogP contribution in [0.5, 0.6) is 0 Å². The number of rotatable bonds is 5. The van der Waals surface area contributed by atoms with Crippen molar-refractivity contribution in [1.29, 1.82) is 0 Å². The van der Waals surface area contributed by atoms with Gasteiger partial charge in [-0.1, -0.05) is 36.4 Å². The van der Waals surface area contributed by atoms with Crippen LogP contribution in [-0.4, -0.2) is 25.7 Å².